The zero-order chi connectivity index (χ0) is 36.2. The molecule has 256 valence electrons. The summed E-state index contributed by atoms with van der Waals surface area (Å²) in [7, 11) is 0. The minimum absolute atomic E-state index is 0.00557. The topological polar surface area (TPSA) is 8.17 Å². The van der Waals surface area contributed by atoms with E-state index >= 15 is 0 Å². The molecule has 2 aromatic heterocycles. The Morgan fingerprint density at radius 1 is 0.509 bits per heavy atom. The lowest BCUT2D eigenvalue weighted by molar-refractivity contribution is 0.660. The molecule has 8 aromatic carbocycles. The average Bonchev–Trinajstić information content (AvgIpc) is 3.85. The lowest BCUT2D eigenvalue weighted by Crippen LogP contribution is -2.60. The molecule has 0 saturated heterocycles. The molecule has 55 heavy (non-hydrogen) atoms. The Hall–Kier alpha value is -6.36. The average molecular weight is 717 g/mol. The van der Waals surface area contributed by atoms with E-state index in [0.717, 1.165) is 0 Å². The maximum atomic E-state index is 2.63. The monoisotopic (exact) mass is 716 g/mol. The Morgan fingerprint density at radius 3 is 2.16 bits per heavy atom. The standard InChI is InChI=1S/C51H33BN2S/c1-51(2)40-19-9-6-16-32(40)36-26-30(24-25-41(36)51)35-27-39-37-28-38-33-17-8-13-23-46(33)55-47(38)29-45(37)54(31-14-4-3-5-15-31)52-42-20-10-12-22-44(42)53-43-21-11-7-18-34(43)48(35)50(53)49(39)52/h3-29H,1-2H3. The summed E-state index contributed by atoms with van der Waals surface area (Å²) in [6.45, 7) is 4.74. The van der Waals surface area contributed by atoms with E-state index in [4.69, 9.17) is 0 Å². The number of fused-ring (bicyclic) bond motifs is 14. The van der Waals surface area contributed by atoms with Gasteiger partial charge in [-0.05, 0) is 104 Å². The highest BCUT2D eigenvalue weighted by molar-refractivity contribution is 7.25. The third kappa shape index (κ3) is 3.75. The summed E-state index contributed by atoms with van der Waals surface area (Å²) in [5.74, 6) is 0. The van der Waals surface area contributed by atoms with Crippen LogP contribution < -0.4 is 15.7 Å². The Morgan fingerprint density at radius 2 is 1.25 bits per heavy atom. The molecule has 2 aliphatic heterocycles. The summed E-state index contributed by atoms with van der Waals surface area (Å²) < 4.78 is 5.23. The van der Waals surface area contributed by atoms with Crippen molar-refractivity contribution in [3.05, 3.63) is 175 Å². The van der Waals surface area contributed by atoms with E-state index in [-0.39, 0.29) is 12.3 Å². The van der Waals surface area contributed by atoms with Crippen molar-refractivity contribution >= 4 is 82.5 Å². The molecule has 2 nitrogen and oxygen atoms in total. The van der Waals surface area contributed by atoms with Crippen LogP contribution in [0.5, 0.6) is 0 Å². The fraction of sp³-hybridized carbons (Fsp3) is 0.0588. The molecule has 0 saturated carbocycles. The van der Waals surface area contributed by atoms with Crippen molar-refractivity contribution in [2.45, 2.75) is 19.3 Å². The number of benzene rings is 8. The molecule has 0 radical (unpaired) electrons. The van der Waals surface area contributed by atoms with Gasteiger partial charge in [0.1, 0.15) is 0 Å². The number of hydrogen-bond donors (Lipinski definition) is 0. The molecule has 4 heteroatoms. The smallest absolute Gasteiger partial charge is 0.333 e. The van der Waals surface area contributed by atoms with Gasteiger partial charge in [0.2, 0.25) is 0 Å². The van der Waals surface area contributed by atoms with E-state index in [1.165, 1.54) is 114 Å². The summed E-state index contributed by atoms with van der Waals surface area (Å²) >= 11 is 1.90. The second-order valence-corrected chi connectivity index (χ2v) is 17.1. The van der Waals surface area contributed by atoms with E-state index in [0.29, 0.717) is 0 Å². The van der Waals surface area contributed by atoms with Crippen LogP contribution in [0.1, 0.15) is 25.0 Å². The summed E-state index contributed by atoms with van der Waals surface area (Å²) in [5.41, 5.74) is 19.7. The quantitative estimate of drug-likeness (QED) is 0.162. The van der Waals surface area contributed by atoms with Crippen LogP contribution >= 0.6 is 11.3 Å². The highest BCUT2D eigenvalue weighted by Crippen LogP contribution is 2.53. The molecular formula is C51H33BN2S. The van der Waals surface area contributed by atoms with Crippen molar-refractivity contribution in [1.29, 1.82) is 0 Å². The second-order valence-electron chi connectivity index (χ2n) is 16.0. The molecule has 0 amide bonds. The fourth-order valence-corrected chi connectivity index (χ4v) is 11.7. The van der Waals surface area contributed by atoms with E-state index in [1.807, 2.05) is 11.3 Å². The normalized spacial score (nSPS) is 14.4. The third-order valence-electron chi connectivity index (χ3n) is 13.0. The Kier molecular flexibility index (Phi) is 5.70. The molecule has 0 atom stereocenters. The Balaban J connectivity index is 1.22. The van der Waals surface area contributed by atoms with Crippen molar-refractivity contribution in [3.63, 3.8) is 0 Å². The maximum absolute atomic E-state index is 2.63. The molecular weight excluding hydrogens is 683 g/mol. The van der Waals surface area contributed by atoms with Gasteiger partial charge in [0, 0.05) is 59.0 Å². The summed E-state index contributed by atoms with van der Waals surface area (Å²) in [6, 6.07) is 62.0. The zero-order valence-corrected chi connectivity index (χ0v) is 31.3. The van der Waals surface area contributed by atoms with Gasteiger partial charge in [-0.1, -0.05) is 123 Å². The van der Waals surface area contributed by atoms with Gasteiger partial charge >= 0.3 is 6.85 Å². The van der Waals surface area contributed by atoms with E-state index < -0.39 is 0 Å². The zero-order valence-electron chi connectivity index (χ0n) is 30.5. The summed E-state index contributed by atoms with van der Waals surface area (Å²) in [6.07, 6.45) is 0. The largest absolute Gasteiger partial charge is 0.376 e. The number of nitrogens with zero attached hydrogens (tertiary/aromatic N) is 2. The number of rotatable bonds is 2. The molecule has 1 aliphatic carbocycles. The fourth-order valence-electron chi connectivity index (χ4n) is 10.6. The third-order valence-corrected chi connectivity index (χ3v) is 14.1. The van der Waals surface area contributed by atoms with Gasteiger partial charge in [0.05, 0.1) is 11.0 Å². The number of aromatic nitrogens is 1. The number of anilines is 2. The van der Waals surface area contributed by atoms with Gasteiger partial charge in [-0.15, -0.1) is 11.3 Å². The first kappa shape index (κ1) is 30.0. The Labute approximate surface area is 323 Å². The first-order chi connectivity index (χ1) is 27.1. The molecule has 0 N–H and O–H groups in total. The number of hydrogen-bond acceptors (Lipinski definition) is 2. The van der Waals surface area contributed by atoms with Crippen molar-refractivity contribution in [1.82, 2.24) is 4.57 Å². The van der Waals surface area contributed by atoms with Crippen LogP contribution in [-0.4, -0.2) is 11.4 Å². The first-order valence-corrected chi connectivity index (χ1v) is 20.1. The van der Waals surface area contributed by atoms with Gasteiger partial charge < -0.3 is 9.38 Å². The molecule has 10 aromatic rings. The molecule has 0 spiro atoms. The lowest BCUT2D eigenvalue weighted by Gasteiger charge is -2.42. The van der Waals surface area contributed by atoms with Crippen LogP contribution in [-0.2, 0) is 5.41 Å². The molecule has 0 bridgehead atoms. The minimum atomic E-state index is -0.0437. The van der Waals surface area contributed by atoms with Gasteiger partial charge in [0.15, 0.2) is 0 Å². The lowest BCUT2D eigenvalue weighted by atomic mass is 9.44. The van der Waals surface area contributed by atoms with E-state index in [1.54, 1.807) is 0 Å². The van der Waals surface area contributed by atoms with Crippen molar-refractivity contribution in [2.75, 3.05) is 4.81 Å². The predicted octanol–water partition coefficient (Wildman–Crippen LogP) is 12.4. The number of thiophene rings is 1. The Bertz CT molecular complexity index is 3310. The van der Waals surface area contributed by atoms with Gasteiger partial charge in [-0.25, -0.2) is 0 Å². The molecule has 4 heterocycles. The van der Waals surface area contributed by atoms with Crippen molar-refractivity contribution < 1.29 is 0 Å². The molecule has 0 fully saturated rings. The highest BCUT2D eigenvalue weighted by atomic mass is 32.1. The van der Waals surface area contributed by atoms with E-state index in [2.05, 4.69) is 187 Å². The van der Waals surface area contributed by atoms with Crippen molar-refractivity contribution in [3.8, 4) is 39.1 Å². The van der Waals surface area contributed by atoms with Crippen LogP contribution in [0.4, 0.5) is 11.4 Å². The molecule has 3 aliphatic rings. The number of para-hydroxylation sites is 3. The van der Waals surface area contributed by atoms with Crippen molar-refractivity contribution in [2.24, 2.45) is 0 Å². The SMILES string of the molecule is CC1(C)c2ccccc2-c2cc(-c3cc4c5c6c3c3ccccc3n6-c3ccccc3B5N(c3ccccc3)c3cc5sc6ccccc6c5cc3-4)ccc21. The van der Waals surface area contributed by atoms with Crippen LogP contribution in [0.15, 0.2) is 164 Å². The van der Waals surface area contributed by atoms with Crippen LogP contribution in [0, 0.1) is 0 Å². The van der Waals surface area contributed by atoms with Crippen LogP contribution in [0.3, 0.4) is 0 Å². The van der Waals surface area contributed by atoms with Gasteiger partial charge in [0.25, 0.3) is 0 Å². The van der Waals surface area contributed by atoms with Gasteiger partial charge in [-0.2, -0.15) is 0 Å². The summed E-state index contributed by atoms with van der Waals surface area (Å²) in [4.78, 5) is 2.63. The van der Waals surface area contributed by atoms with E-state index in [9.17, 15) is 0 Å². The second kappa shape index (κ2) is 10.4. The van der Waals surface area contributed by atoms with Crippen LogP contribution in [0.25, 0.3) is 81.0 Å². The first-order valence-electron chi connectivity index (χ1n) is 19.3. The van der Waals surface area contributed by atoms with Gasteiger partial charge in [-0.3, -0.25) is 0 Å². The van der Waals surface area contributed by atoms with Crippen LogP contribution in [0.2, 0.25) is 0 Å². The maximum Gasteiger partial charge on any atom is 0.333 e. The highest BCUT2D eigenvalue weighted by Gasteiger charge is 2.45. The predicted molar refractivity (Wildman–Crippen MR) is 236 cm³/mol. The molecule has 13 rings (SSSR count). The molecule has 0 unspecified atom stereocenters. The minimum Gasteiger partial charge on any atom is -0.376 e. The summed E-state index contributed by atoms with van der Waals surface area (Å²) in [5, 5.41) is 5.28.